The van der Waals surface area contributed by atoms with Gasteiger partial charge in [0.05, 0.1) is 17.2 Å². The molecule has 0 aliphatic carbocycles. The number of benzene rings is 1. The van der Waals surface area contributed by atoms with Crippen molar-refractivity contribution in [2.45, 2.75) is 38.5 Å². The van der Waals surface area contributed by atoms with E-state index in [4.69, 9.17) is 9.84 Å². The van der Waals surface area contributed by atoms with Crippen LogP contribution in [-0.2, 0) is 11.3 Å². The number of hydrogen-bond donors (Lipinski definition) is 3. The SMILES string of the molecule is CC1OCCC1(C)NC(=O)NCc1ccc(C(=O)O)cc1. The minimum absolute atomic E-state index is 0.0156. The maximum Gasteiger partial charge on any atom is 0.335 e. The standard InChI is InChI=1S/C15H20N2O4/c1-10-15(2,7-8-21-10)17-14(20)16-9-11-3-5-12(6-4-11)13(18)19/h3-6,10H,7-9H2,1-2H3,(H,18,19)(H2,16,17,20). The van der Waals surface area contributed by atoms with Crippen LogP contribution in [-0.4, -0.2) is 35.4 Å². The van der Waals surface area contributed by atoms with Gasteiger partial charge in [0.1, 0.15) is 0 Å². The van der Waals surface area contributed by atoms with Gasteiger partial charge in [-0.2, -0.15) is 0 Å². The molecule has 1 aromatic carbocycles. The molecule has 2 unspecified atom stereocenters. The lowest BCUT2D eigenvalue weighted by atomic mass is 9.95. The zero-order valence-electron chi connectivity index (χ0n) is 12.2. The van der Waals surface area contributed by atoms with Crippen molar-refractivity contribution in [3.05, 3.63) is 35.4 Å². The highest BCUT2D eigenvalue weighted by Gasteiger charge is 2.38. The molecular formula is C15H20N2O4. The Morgan fingerprint density at radius 2 is 2.05 bits per heavy atom. The van der Waals surface area contributed by atoms with E-state index in [0.717, 1.165) is 12.0 Å². The van der Waals surface area contributed by atoms with E-state index in [1.54, 1.807) is 12.1 Å². The van der Waals surface area contributed by atoms with E-state index in [-0.39, 0.29) is 23.2 Å². The molecule has 1 aliphatic heterocycles. The van der Waals surface area contributed by atoms with Gasteiger partial charge in [-0.1, -0.05) is 12.1 Å². The summed E-state index contributed by atoms with van der Waals surface area (Å²) in [5.74, 6) is -0.963. The molecule has 0 bridgehead atoms. The van der Waals surface area contributed by atoms with E-state index in [1.165, 1.54) is 12.1 Å². The van der Waals surface area contributed by atoms with Crippen LogP contribution < -0.4 is 10.6 Å². The molecule has 3 N–H and O–H groups in total. The van der Waals surface area contributed by atoms with Gasteiger partial charge < -0.3 is 20.5 Å². The lowest BCUT2D eigenvalue weighted by molar-refractivity contribution is 0.0697. The van der Waals surface area contributed by atoms with Crippen molar-refractivity contribution >= 4 is 12.0 Å². The summed E-state index contributed by atoms with van der Waals surface area (Å²) in [6.45, 7) is 4.90. The van der Waals surface area contributed by atoms with Gasteiger partial charge in [0.15, 0.2) is 0 Å². The van der Waals surface area contributed by atoms with Gasteiger partial charge in [0.25, 0.3) is 0 Å². The van der Waals surface area contributed by atoms with Crippen LogP contribution in [0.15, 0.2) is 24.3 Å². The number of carbonyl (C=O) groups excluding carboxylic acids is 1. The fraction of sp³-hybridized carbons (Fsp3) is 0.467. The number of urea groups is 1. The molecular weight excluding hydrogens is 272 g/mol. The highest BCUT2D eigenvalue weighted by Crippen LogP contribution is 2.24. The number of carboxylic acids is 1. The third kappa shape index (κ3) is 3.72. The van der Waals surface area contributed by atoms with Crippen LogP contribution in [0.3, 0.4) is 0 Å². The highest BCUT2D eigenvalue weighted by atomic mass is 16.5. The average molecular weight is 292 g/mol. The van der Waals surface area contributed by atoms with Crippen molar-refractivity contribution in [2.75, 3.05) is 6.61 Å². The van der Waals surface area contributed by atoms with Gasteiger partial charge >= 0.3 is 12.0 Å². The largest absolute Gasteiger partial charge is 0.478 e. The molecule has 6 heteroatoms. The minimum atomic E-state index is -0.963. The predicted octanol–water partition coefficient (Wildman–Crippen LogP) is 1.75. The summed E-state index contributed by atoms with van der Waals surface area (Å²) in [5, 5.41) is 14.5. The van der Waals surface area contributed by atoms with Crippen LogP contribution in [0.25, 0.3) is 0 Å². The van der Waals surface area contributed by atoms with Crippen molar-refractivity contribution in [1.29, 1.82) is 0 Å². The van der Waals surface area contributed by atoms with E-state index in [2.05, 4.69) is 10.6 Å². The summed E-state index contributed by atoms with van der Waals surface area (Å²) >= 11 is 0. The topological polar surface area (TPSA) is 87.7 Å². The molecule has 1 aliphatic rings. The molecule has 1 aromatic rings. The Bertz CT molecular complexity index is 529. The Labute approximate surface area is 123 Å². The first-order chi connectivity index (χ1) is 9.90. The Balaban J connectivity index is 1.85. The predicted molar refractivity (Wildman–Crippen MR) is 77.2 cm³/mol. The van der Waals surface area contributed by atoms with Crippen LogP contribution in [0.2, 0.25) is 0 Å². The second kappa shape index (κ2) is 6.13. The molecule has 1 heterocycles. The van der Waals surface area contributed by atoms with Crippen LogP contribution in [0.1, 0.15) is 36.2 Å². The van der Waals surface area contributed by atoms with E-state index >= 15 is 0 Å². The van der Waals surface area contributed by atoms with Gasteiger partial charge in [0, 0.05) is 13.2 Å². The number of ether oxygens (including phenoxy) is 1. The number of rotatable bonds is 4. The van der Waals surface area contributed by atoms with Crippen molar-refractivity contribution in [3.63, 3.8) is 0 Å². The zero-order valence-corrected chi connectivity index (χ0v) is 12.2. The van der Waals surface area contributed by atoms with Crippen LogP contribution in [0.5, 0.6) is 0 Å². The normalized spacial score (nSPS) is 24.6. The maximum atomic E-state index is 11.9. The van der Waals surface area contributed by atoms with Gasteiger partial charge in [0.2, 0.25) is 0 Å². The van der Waals surface area contributed by atoms with Crippen molar-refractivity contribution in [2.24, 2.45) is 0 Å². The summed E-state index contributed by atoms with van der Waals surface area (Å²) in [6, 6.07) is 6.16. The van der Waals surface area contributed by atoms with E-state index < -0.39 is 5.97 Å². The fourth-order valence-corrected chi connectivity index (χ4v) is 2.25. The Morgan fingerprint density at radius 3 is 2.57 bits per heavy atom. The Kier molecular flexibility index (Phi) is 4.47. The maximum absolute atomic E-state index is 11.9. The van der Waals surface area contributed by atoms with Gasteiger partial charge in [-0.25, -0.2) is 9.59 Å². The number of aromatic carboxylic acids is 1. The first kappa shape index (κ1) is 15.3. The Hall–Kier alpha value is -2.08. The van der Waals surface area contributed by atoms with Crippen LogP contribution in [0, 0.1) is 0 Å². The third-order valence-corrected chi connectivity index (χ3v) is 3.94. The van der Waals surface area contributed by atoms with Crippen LogP contribution >= 0.6 is 0 Å². The zero-order chi connectivity index (χ0) is 15.5. The smallest absolute Gasteiger partial charge is 0.335 e. The molecule has 0 saturated carbocycles. The van der Waals surface area contributed by atoms with E-state index in [0.29, 0.717) is 13.2 Å². The fourth-order valence-electron chi connectivity index (χ4n) is 2.25. The molecule has 114 valence electrons. The number of carboxylic acid groups (broad SMARTS) is 1. The number of nitrogens with one attached hydrogen (secondary N) is 2. The third-order valence-electron chi connectivity index (χ3n) is 3.94. The van der Waals surface area contributed by atoms with Crippen molar-refractivity contribution in [1.82, 2.24) is 10.6 Å². The minimum Gasteiger partial charge on any atom is -0.478 e. The molecule has 6 nitrogen and oxygen atoms in total. The Morgan fingerprint density at radius 1 is 1.38 bits per heavy atom. The average Bonchev–Trinajstić information content (AvgIpc) is 2.76. The monoisotopic (exact) mass is 292 g/mol. The van der Waals surface area contributed by atoms with E-state index in [1.807, 2.05) is 13.8 Å². The number of hydrogen-bond acceptors (Lipinski definition) is 3. The molecule has 2 atom stereocenters. The quantitative estimate of drug-likeness (QED) is 0.789. The molecule has 0 spiro atoms. The molecule has 0 radical (unpaired) electrons. The lowest BCUT2D eigenvalue weighted by Crippen LogP contribution is -2.53. The summed E-state index contributed by atoms with van der Waals surface area (Å²) in [5.41, 5.74) is 0.723. The molecule has 21 heavy (non-hydrogen) atoms. The van der Waals surface area contributed by atoms with Gasteiger partial charge in [-0.15, -0.1) is 0 Å². The second-order valence-corrected chi connectivity index (χ2v) is 5.49. The highest BCUT2D eigenvalue weighted by molar-refractivity contribution is 5.87. The van der Waals surface area contributed by atoms with Crippen molar-refractivity contribution < 1.29 is 19.4 Å². The summed E-state index contributed by atoms with van der Waals surface area (Å²) < 4.78 is 5.47. The summed E-state index contributed by atoms with van der Waals surface area (Å²) in [4.78, 5) is 22.7. The number of amides is 2. The molecule has 2 amide bonds. The van der Waals surface area contributed by atoms with Gasteiger partial charge in [-0.05, 0) is 38.0 Å². The van der Waals surface area contributed by atoms with Gasteiger partial charge in [-0.3, -0.25) is 0 Å². The molecule has 2 rings (SSSR count). The molecule has 1 saturated heterocycles. The first-order valence-corrected chi connectivity index (χ1v) is 6.90. The van der Waals surface area contributed by atoms with Crippen LogP contribution in [0.4, 0.5) is 4.79 Å². The first-order valence-electron chi connectivity index (χ1n) is 6.90. The molecule has 1 fully saturated rings. The summed E-state index contributed by atoms with van der Waals surface area (Å²) in [6.07, 6.45) is 0.771. The second-order valence-electron chi connectivity index (χ2n) is 5.49. The summed E-state index contributed by atoms with van der Waals surface area (Å²) in [7, 11) is 0. The molecule has 0 aromatic heterocycles. The van der Waals surface area contributed by atoms with Crippen molar-refractivity contribution in [3.8, 4) is 0 Å². The lowest BCUT2D eigenvalue weighted by Gasteiger charge is -2.28. The van der Waals surface area contributed by atoms with E-state index in [9.17, 15) is 9.59 Å². The number of carbonyl (C=O) groups is 2.